The number of ether oxygens (including phenoxy) is 2. The van der Waals surface area contributed by atoms with Gasteiger partial charge in [-0.15, -0.1) is 0 Å². The van der Waals surface area contributed by atoms with E-state index in [1.54, 1.807) is 0 Å². The molecule has 0 aliphatic rings. The molecular formula is C9H11Cl2NO4S. The Hall–Kier alpha value is -0.530. The van der Waals surface area contributed by atoms with Crippen molar-refractivity contribution in [3.63, 3.8) is 0 Å². The second-order valence-corrected chi connectivity index (χ2v) is 5.36. The molecule has 1 rings (SSSR count). The van der Waals surface area contributed by atoms with E-state index < -0.39 is 10.0 Å². The molecule has 1 aromatic carbocycles. The summed E-state index contributed by atoms with van der Waals surface area (Å²) in [6.45, 7) is 0.659. The van der Waals surface area contributed by atoms with Crippen LogP contribution in [0.2, 0.25) is 10.0 Å². The minimum Gasteiger partial charge on any atom is -0.490 e. The van der Waals surface area contributed by atoms with E-state index in [1.165, 1.54) is 19.2 Å². The molecule has 5 nitrogen and oxygen atoms in total. The van der Waals surface area contributed by atoms with Gasteiger partial charge in [-0.05, 0) is 12.1 Å². The minimum atomic E-state index is -3.89. The molecule has 0 aliphatic heterocycles. The minimum absolute atomic E-state index is 0.00861. The Kier molecular flexibility index (Phi) is 5.03. The second kappa shape index (κ2) is 5.88. The van der Waals surface area contributed by atoms with E-state index in [0.717, 1.165) is 0 Å². The van der Waals surface area contributed by atoms with Crippen LogP contribution >= 0.6 is 23.2 Å². The summed E-state index contributed by atoms with van der Waals surface area (Å²) in [6, 6.07) is 2.63. The van der Waals surface area contributed by atoms with Crippen molar-refractivity contribution < 1.29 is 17.9 Å². The van der Waals surface area contributed by atoms with Gasteiger partial charge in [0.1, 0.15) is 22.3 Å². The largest absolute Gasteiger partial charge is 0.490 e. The van der Waals surface area contributed by atoms with Gasteiger partial charge < -0.3 is 9.47 Å². The van der Waals surface area contributed by atoms with Crippen LogP contribution in [0.4, 0.5) is 0 Å². The molecule has 1 aromatic rings. The van der Waals surface area contributed by atoms with E-state index in [0.29, 0.717) is 6.61 Å². The fraction of sp³-hybridized carbons (Fsp3) is 0.333. The third kappa shape index (κ3) is 3.72. The molecule has 0 amide bonds. The van der Waals surface area contributed by atoms with E-state index in [1.807, 2.05) is 0 Å². The summed E-state index contributed by atoms with van der Waals surface area (Å²) in [4.78, 5) is -0.233. The molecule has 17 heavy (non-hydrogen) atoms. The Balaban J connectivity index is 3.03. The summed E-state index contributed by atoms with van der Waals surface area (Å²) in [5.41, 5.74) is 0. The van der Waals surface area contributed by atoms with E-state index in [9.17, 15) is 8.42 Å². The fourth-order valence-electron chi connectivity index (χ4n) is 1.08. The van der Waals surface area contributed by atoms with Crippen molar-refractivity contribution in [3.05, 3.63) is 22.2 Å². The number of rotatable bonds is 5. The maximum absolute atomic E-state index is 11.2. The molecular weight excluding hydrogens is 289 g/mol. The molecule has 0 aromatic heterocycles. The molecule has 0 aliphatic carbocycles. The van der Waals surface area contributed by atoms with Crippen LogP contribution < -0.4 is 9.88 Å². The van der Waals surface area contributed by atoms with Crippen molar-refractivity contribution in [2.24, 2.45) is 5.14 Å². The van der Waals surface area contributed by atoms with Crippen molar-refractivity contribution in [2.75, 3.05) is 20.3 Å². The van der Waals surface area contributed by atoms with Crippen molar-refractivity contribution in [3.8, 4) is 5.75 Å². The highest BCUT2D eigenvalue weighted by Gasteiger charge is 2.18. The molecule has 0 saturated heterocycles. The third-order valence-electron chi connectivity index (χ3n) is 1.86. The zero-order valence-electron chi connectivity index (χ0n) is 8.94. The number of primary sulfonamides is 1. The lowest BCUT2D eigenvalue weighted by molar-refractivity contribution is 0.146. The average Bonchev–Trinajstić information content (AvgIpc) is 2.23. The van der Waals surface area contributed by atoms with Crippen LogP contribution in [0, 0.1) is 0 Å². The number of halogens is 2. The molecule has 0 unspecified atom stereocenters. The highest BCUT2D eigenvalue weighted by molar-refractivity contribution is 7.89. The number of nitrogens with two attached hydrogens (primary N) is 1. The first-order valence-corrected chi connectivity index (χ1v) is 6.80. The Bertz CT molecular complexity index is 504. The number of methoxy groups -OCH3 is 1. The van der Waals surface area contributed by atoms with E-state index in [-0.39, 0.29) is 27.3 Å². The van der Waals surface area contributed by atoms with Gasteiger partial charge in [0.05, 0.1) is 11.6 Å². The number of hydrogen-bond acceptors (Lipinski definition) is 4. The quantitative estimate of drug-likeness (QED) is 0.839. The molecule has 0 radical (unpaired) electrons. The van der Waals surface area contributed by atoms with Crippen LogP contribution in [0.1, 0.15) is 0 Å². The lowest BCUT2D eigenvalue weighted by Crippen LogP contribution is -2.13. The lowest BCUT2D eigenvalue weighted by Gasteiger charge is -2.10. The van der Waals surface area contributed by atoms with E-state index in [2.05, 4.69) is 0 Å². The van der Waals surface area contributed by atoms with Gasteiger partial charge in [-0.25, -0.2) is 13.6 Å². The first-order chi connectivity index (χ1) is 7.88. The first kappa shape index (κ1) is 14.5. The maximum atomic E-state index is 11.2. The molecule has 2 N–H and O–H groups in total. The van der Waals surface area contributed by atoms with E-state index in [4.69, 9.17) is 37.8 Å². The number of hydrogen-bond donors (Lipinski definition) is 1. The normalized spacial score (nSPS) is 11.5. The molecule has 0 bridgehead atoms. The average molecular weight is 300 g/mol. The highest BCUT2D eigenvalue weighted by atomic mass is 35.5. The predicted octanol–water partition coefficient (Wildman–Crippen LogP) is 1.67. The number of benzene rings is 1. The van der Waals surface area contributed by atoms with Gasteiger partial charge in [-0.1, -0.05) is 23.2 Å². The second-order valence-electron chi connectivity index (χ2n) is 3.08. The molecule has 0 fully saturated rings. The van der Waals surface area contributed by atoms with Crippen LogP contribution in [-0.2, 0) is 14.8 Å². The standard InChI is InChI=1S/C9H11Cl2NO4S/c1-15-4-5-16-6-2-3-7(17(12,13)14)9(11)8(6)10/h2-3H,4-5H2,1H3,(H2,12,13,14). The van der Waals surface area contributed by atoms with Gasteiger partial charge in [0.15, 0.2) is 0 Å². The lowest BCUT2D eigenvalue weighted by atomic mass is 10.3. The Morgan fingerprint density at radius 1 is 1.24 bits per heavy atom. The van der Waals surface area contributed by atoms with Gasteiger partial charge >= 0.3 is 0 Å². The summed E-state index contributed by atoms with van der Waals surface area (Å²) in [6.07, 6.45) is 0. The monoisotopic (exact) mass is 299 g/mol. The first-order valence-electron chi connectivity index (χ1n) is 4.50. The summed E-state index contributed by atoms with van der Waals surface area (Å²) < 4.78 is 32.3. The Morgan fingerprint density at radius 3 is 2.41 bits per heavy atom. The number of sulfonamides is 1. The van der Waals surface area contributed by atoms with E-state index >= 15 is 0 Å². The highest BCUT2D eigenvalue weighted by Crippen LogP contribution is 2.36. The summed E-state index contributed by atoms with van der Waals surface area (Å²) in [5, 5.41) is 4.83. The van der Waals surface area contributed by atoms with Crippen molar-refractivity contribution in [2.45, 2.75) is 4.90 Å². The van der Waals surface area contributed by atoms with Crippen LogP contribution in [0.5, 0.6) is 5.75 Å². The molecule has 0 atom stereocenters. The van der Waals surface area contributed by atoms with Gasteiger partial charge in [0.25, 0.3) is 0 Å². The van der Waals surface area contributed by atoms with Gasteiger partial charge in [-0.3, -0.25) is 0 Å². The van der Waals surface area contributed by atoms with Crippen LogP contribution in [0.25, 0.3) is 0 Å². The zero-order chi connectivity index (χ0) is 13.1. The van der Waals surface area contributed by atoms with Gasteiger partial charge in [0.2, 0.25) is 10.0 Å². The van der Waals surface area contributed by atoms with Crippen LogP contribution in [0.3, 0.4) is 0 Å². The molecule has 0 spiro atoms. The Labute approximate surface area is 109 Å². The molecule has 0 heterocycles. The summed E-state index contributed by atoms with van der Waals surface area (Å²) in [7, 11) is -2.36. The zero-order valence-corrected chi connectivity index (χ0v) is 11.3. The summed E-state index contributed by atoms with van der Waals surface area (Å²) in [5.74, 6) is 0.279. The van der Waals surface area contributed by atoms with Crippen molar-refractivity contribution >= 4 is 33.2 Å². The SMILES string of the molecule is COCCOc1ccc(S(N)(=O)=O)c(Cl)c1Cl. The van der Waals surface area contributed by atoms with Crippen LogP contribution in [-0.4, -0.2) is 28.7 Å². The van der Waals surface area contributed by atoms with Crippen LogP contribution in [0.15, 0.2) is 17.0 Å². The topological polar surface area (TPSA) is 78.6 Å². The van der Waals surface area contributed by atoms with Gasteiger partial charge in [-0.2, -0.15) is 0 Å². The molecule has 0 saturated carbocycles. The molecule has 96 valence electrons. The third-order valence-corrected chi connectivity index (χ3v) is 3.79. The smallest absolute Gasteiger partial charge is 0.239 e. The van der Waals surface area contributed by atoms with Crippen molar-refractivity contribution in [1.82, 2.24) is 0 Å². The molecule has 8 heteroatoms. The van der Waals surface area contributed by atoms with Gasteiger partial charge in [0, 0.05) is 7.11 Å². The van der Waals surface area contributed by atoms with Crippen molar-refractivity contribution in [1.29, 1.82) is 0 Å². The predicted molar refractivity (Wildman–Crippen MR) is 65.2 cm³/mol. The fourth-order valence-corrected chi connectivity index (χ4v) is 2.44. The summed E-state index contributed by atoms with van der Waals surface area (Å²) >= 11 is 11.7. The Morgan fingerprint density at radius 2 is 1.88 bits per heavy atom. The maximum Gasteiger partial charge on any atom is 0.239 e.